The van der Waals surface area contributed by atoms with E-state index in [-0.39, 0.29) is 18.1 Å². The average Bonchev–Trinajstić information content (AvgIpc) is 2.17. The van der Waals surface area contributed by atoms with E-state index in [4.69, 9.17) is 0 Å². The fourth-order valence-corrected chi connectivity index (χ4v) is 1.49. The lowest BCUT2D eigenvalue weighted by molar-refractivity contribution is -0.127. The highest BCUT2D eigenvalue weighted by molar-refractivity contribution is 5.96. The standard InChI is InChI=1S/C12H23NO2/c1-4-6-7-11(5-2)9-13-12(15)8-10(3)14/h11H,4-9H2,1-3H3,(H,13,15). The minimum Gasteiger partial charge on any atom is -0.355 e. The molecule has 1 N–H and O–H groups in total. The van der Waals surface area contributed by atoms with Crippen LogP contribution in [0.1, 0.15) is 52.9 Å². The third-order valence-electron chi connectivity index (χ3n) is 2.54. The predicted octanol–water partition coefficient (Wildman–Crippen LogP) is 2.30. The van der Waals surface area contributed by atoms with Gasteiger partial charge in [0.2, 0.25) is 5.91 Å². The number of unbranched alkanes of at least 4 members (excludes halogenated alkanes) is 1. The molecule has 0 radical (unpaired) electrons. The van der Waals surface area contributed by atoms with Gasteiger partial charge in [0.1, 0.15) is 5.78 Å². The first kappa shape index (κ1) is 14.1. The molecule has 0 saturated carbocycles. The Balaban J connectivity index is 3.69. The molecule has 15 heavy (non-hydrogen) atoms. The van der Waals surface area contributed by atoms with E-state index >= 15 is 0 Å². The predicted molar refractivity (Wildman–Crippen MR) is 61.6 cm³/mol. The van der Waals surface area contributed by atoms with Crippen molar-refractivity contribution >= 4 is 11.7 Å². The summed E-state index contributed by atoms with van der Waals surface area (Å²) >= 11 is 0. The van der Waals surface area contributed by atoms with Crippen molar-refractivity contribution in [3.63, 3.8) is 0 Å². The number of ketones is 1. The first-order chi connectivity index (χ1) is 7.10. The normalized spacial score (nSPS) is 12.2. The smallest absolute Gasteiger partial charge is 0.227 e. The molecule has 0 aromatic carbocycles. The van der Waals surface area contributed by atoms with Gasteiger partial charge in [0.25, 0.3) is 0 Å². The van der Waals surface area contributed by atoms with Gasteiger partial charge < -0.3 is 5.32 Å². The molecule has 1 unspecified atom stereocenters. The van der Waals surface area contributed by atoms with E-state index < -0.39 is 0 Å². The molecule has 1 amide bonds. The SMILES string of the molecule is CCCCC(CC)CNC(=O)CC(C)=O. The molecule has 0 saturated heterocycles. The van der Waals surface area contributed by atoms with Crippen LogP contribution < -0.4 is 5.32 Å². The van der Waals surface area contributed by atoms with Crippen LogP contribution in [-0.4, -0.2) is 18.2 Å². The molecular weight excluding hydrogens is 190 g/mol. The van der Waals surface area contributed by atoms with Gasteiger partial charge >= 0.3 is 0 Å². The molecule has 0 aliphatic rings. The van der Waals surface area contributed by atoms with Crippen molar-refractivity contribution in [2.45, 2.75) is 52.9 Å². The van der Waals surface area contributed by atoms with Crippen LogP contribution in [0.25, 0.3) is 0 Å². The van der Waals surface area contributed by atoms with Crippen molar-refractivity contribution < 1.29 is 9.59 Å². The maximum absolute atomic E-state index is 11.2. The Kier molecular flexibility index (Phi) is 7.96. The van der Waals surface area contributed by atoms with Gasteiger partial charge in [-0.25, -0.2) is 0 Å². The molecule has 88 valence electrons. The van der Waals surface area contributed by atoms with Crippen molar-refractivity contribution in [3.8, 4) is 0 Å². The maximum atomic E-state index is 11.2. The number of carbonyl (C=O) groups excluding carboxylic acids is 2. The molecule has 0 bridgehead atoms. The van der Waals surface area contributed by atoms with E-state index in [0.29, 0.717) is 12.5 Å². The monoisotopic (exact) mass is 213 g/mol. The summed E-state index contributed by atoms with van der Waals surface area (Å²) in [5, 5.41) is 2.81. The first-order valence-corrected chi connectivity index (χ1v) is 5.86. The summed E-state index contributed by atoms with van der Waals surface area (Å²) < 4.78 is 0. The Morgan fingerprint density at radius 3 is 2.40 bits per heavy atom. The van der Waals surface area contributed by atoms with Crippen LogP contribution in [0.5, 0.6) is 0 Å². The van der Waals surface area contributed by atoms with Crippen molar-refractivity contribution in [2.24, 2.45) is 5.92 Å². The van der Waals surface area contributed by atoms with Gasteiger partial charge in [-0.05, 0) is 19.3 Å². The zero-order chi connectivity index (χ0) is 11.7. The number of amides is 1. The van der Waals surface area contributed by atoms with E-state index in [1.807, 2.05) is 0 Å². The fourth-order valence-electron chi connectivity index (χ4n) is 1.49. The third-order valence-corrected chi connectivity index (χ3v) is 2.54. The average molecular weight is 213 g/mol. The highest BCUT2D eigenvalue weighted by Gasteiger charge is 2.09. The molecule has 0 fully saturated rings. The highest BCUT2D eigenvalue weighted by Crippen LogP contribution is 2.11. The minimum atomic E-state index is -0.141. The summed E-state index contributed by atoms with van der Waals surface area (Å²) in [6, 6.07) is 0. The quantitative estimate of drug-likeness (QED) is 0.629. The number of carbonyl (C=O) groups is 2. The van der Waals surface area contributed by atoms with Crippen molar-refractivity contribution in [1.82, 2.24) is 5.32 Å². The van der Waals surface area contributed by atoms with Gasteiger partial charge in [0.15, 0.2) is 0 Å². The Bertz CT molecular complexity index is 202. The van der Waals surface area contributed by atoms with Crippen LogP contribution in [0, 0.1) is 5.92 Å². The summed E-state index contributed by atoms with van der Waals surface area (Å²) in [4.78, 5) is 21.9. The molecule has 3 nitrogen and oxygen atoms in total. The molecule has 0 aromatic heterocycles. The number of Topliss-reactive ketones (excluding diaryl/α,β-unsaturated/α-hetero) is 1. The largest absolute Gasteiger partial charge is 0.355 e. The van der Waals surface area contributed by atoms with E-state index in [0.717, 1.165) is 12.8 Å². The van der Waals surface area contributed by atoms with Crippen molar-refractivity contribution in [2.75, 3.05) is 6.54 Å². The Morgan fingerprint density at radius 2 is 1.93 bits per heavy atom. The second kappa shape index (κ2) is 8.45. The van der Waals surface area contributed by atoms with Gasteiger partial charge in [-0.2, -0.15) is 0 Å². The molecule has 3 heteroatoms. The van der Waals surface area contributed by atoms with Crippen molar-refractivity contribution in [1.29, 1.82) is 0 Å². The summed E-state index contributed by atoms with van der Waals surface area (Å²) in [7, 11) is 0. The molecule has 0 aliphatic carbocycles. The molecule has 0 rings (SSSR count). The topological polar surface area (TPSA) is 46.2 Å². The number of rotatable bonds is 8. The zero-order valence-electron chi connectivity index (χ0n) is 10.1. The maximum Gasteiger partial charge on any atom is 0.227 e. The molecule has 0 spiro atoms. The second-order valence-corrected chi connectivity index (χ2v) is 4.10. The van der Waals surface area contributed by atoms with Gasteiger partial charge in [-0.3, -0.25) is 9.59 Å². The minimum absolute atomic E-state index is 0.0181. The second-order valence-electron chi connectivity index (χ2n) is 4.10. The fraction of sp³-hybridized carbons (Fsp3) is 0.833. The Hall–Kier alpha value is -0.860. The number of nitrogens with one attached hydrogen (secondary N) is 1. The molecule has 0 aliphatic heterocycles. The van der Waals surface area contributed by atoms with Crippen LogP contribution in [0.2, 0.25) is 0 Å². The van der Waals surface area contributed by atoms with Crippen LogP contribution in [0.4, 0.5) is 0 Å². The van der Waals surface area contributed by atoms with Gasteiger partial charge in [0, 0.05) is 6.54 Å². The first-order valence-electron chi connectivity index (χ1n) is 5.86. The van der Waals surface area contributed by atoms with E-state index in [9.17, 15) is 9.59 Å². The third kappa shape index (κ3) is 8.16. The molecule has 0 heterocycles. The molecular formula is C12H23NO2. The summed E-state index contributed by atoms with van der Waals surface area (Å²) in [6.07, 6.45) is 4.66. The molecule has 0 aromatic rings. The highest BCUT2D eigenvalue weighted by atomic mass is 16.2. The van der Waals surface area contributed by atoms with Gasteiger partial charge in [0.05, 0.1) is 6.42 Å². The van der Waals surface area contributed by atoms with Crippen LogP contribution >= 0.6 is 0 Å². The van der Waals surface area contributed by atoms with Gasteiger partial charge in [-0.15, -0.1) is 0 Å². The lowest BCUT2D eigenvalue weighted by Gasteiger charge is -2.14. The summed E-state index contributed by atoms with van der Waals surface area (Å²) in [5.74, 6) is 0.340. The Morgan fingerprint density at radius 1 is 1.27 bits per heavy atom. The molecule has 1 atom stereocenters. The summed E-state index contributed by atoms with van der Waals surface area (Å²) in [5.41, 5.74) is 0. The van der Waals surface area contributed by atoms with Crippen LogP contribution in [0.3, 0.4) is 0 Å². The lowest BCUT2D eigenvalue weighted by atomic mass is 9.99. The lowest BCUT2D eigenvalue weighted by Crippen LogP contribution is -2.30. The zero-order valence-corrected chi connectivity index (χ0v) is 10.1. The number of hydrogen-bond acceptors (Lipinski definition) is 2. The van der Waals surface area contributed by atoms with Crippen molar-refractivity contribution in [3.05, 3.63) is 0 Å². The van der Waals surface area contributed by atoms with E-state index in [2.05, 4.69) is 19.2 Å². The van der Waals surface area contributed by atoms with Gasteiger partial charge in [-0.1, -0.05) is 33.1 Å². The van der Waals surface area contributed by atoms with Crippen LogP contribution in [0.15, 0.2) is 0 Å². The van der Waals surface area contributed by atoms with Crippen LogP contribution in [-0.2, 0) is 9.59 Å². The number of hydrogen-bond donors (Lipinski definition) is 1. The summed E-state index contributed by atoms with van der Waals surface area (Å²) in [6.45, 7) is 6.45. The van der Waals surface area contributed by atoms with E-state index in [1.165, 1.54) is 19.8 Å². The van der Waals surface area contributed by atoms with E-state index in [1.54, 1.807) is 0 Å². The Labute approximate surface area is 92.6 Å².